The SMILES string of the molecule is O=S(=O)(Nc1ccccc1C#Cc1cccnc1)N1CCCC2CCCCC21. The van der Waals surface area contributed by atoms with Crippen molar-refractivity contribution in [3.63, 3.8) is 0 Å². The van der Waals surface area contributed by atoms with Crippen LogP contribution in [0, 0.1) is 17.8 Å². The van der Waals surface area contributed by atoms with E-state index in [1.165, 1.54) is 6.42 Å². The van der Waals surface area contributed by atoms with Crippen molar-refractivity contribution in [2.45, 2.75) is 44.6 Å². The molecule has 1 N–H and O–H groups in total. The van der Waals surface area contributed by atoms with Gasteiger partial charge in [-0.3, -0.25) is 9.71 Å². The zero-order chi connectivity index (χ0) is 19.4. The summed E-state index contributed by atoms with van der Waals surface area (Å²) in [6.45, 7) is 0.597. The molecule has 0 spiro atoms. The minimum absolute atomic E-state index is 0.133. The Bertz CT molecular complexity index is 978. The van der Waals surface area contributed by atoms with E-state index in [4.69, 9.17) is 0 Å². The quantitative estimate of drug-likeness (QED) is 0.804. The van der Waals surface area contributed by atoms with Crippen molar-refractivity contribution in [3.05, 3.63) is 59.9 Å². The first-order valence-electron chi connectivity index (χ1n) is 9.94. The van der Waals surface area contributed by atoms with Gasteiger partial charge < -0.3 is 0 Å². The number of anilines is 1. The maximum Gasteiger partial charge on any atom is 0.301 e. The van der Waals surface area contributed by atoms with Gasteiger partial charge in [0.15, 0.2) is 0 Å². The second-order valence-corrected chi connectivity index (χ2v) is 9.13. The predicted molar refractivity (Wildman–Crippen MR) is 111 cm³/mol. The van der Waals surface area contributed by atoms with Gasteiger partial charge >= 0.3 is 10.2 Å². The molecule has 2 aliphatic rings. The van der Waals surface area contributed by atoms with Crippen molar-refractivity contribution in [2.75, 3.05) is 11.3 Å². The van der Waals surface area contributed by atoms with Crippen LogP contribution in [0.2, 0.25) is 0 Å². The number of piperidine rings is 1. The molecule has 5 nitrogen and oxygen atoms in total. The number of para-hydroxylation sites is 1. The minimum atomic E-state index is -3.61. The molecule has 2 heterocycles. The Morgan fingerprint density at radius 1 is 1.00 bits per heavy atom. The highest BCUT2D eigenvalue weighted by atomic mass is 32.2. The monoisotopic (exact) mass is 395 g/mol. The van der Waals surface area contributed by atoms with Gasteiger partial charge in [-0.15, -0.1) is 0 Å². The van der Waals surface area contributed by atoms with Gasteiger partial charge in [0, 0.05) is 36.1 Å². The van der Waals surface area contributed by atoms with Crippen LogP contribution in [0.15, 0.2) is 48.8 Å². The molecule has 6 heteroatoms. The average Bonchev–Trinajstić information content (AvgIpc) is 2.73. The zero-order valence-corrected chi connectivity index (χ0v) is 16.7. The molecule has 28 heavy (non-hydrogen) atoms. The van der Waals surface area contributed by atoms with Crippen LogP contribution in [0.25, 0.3) is 0 Å². The van der Waals surface area contributed by atoms with Gasteiger partial charge in [0.2, 0.25) is 0 Å². The summed E-state index contributed by atoms with van der Waals surface area (Å²) < 4.78 is 30.9. The standard InChI is InChI=1S/C22H25N3O2S/c26-28(27,25-16-6-10-20-9-2-4-12-22(20)25)24-21-11-3-1-8-19(21)14-13-18-7-5-15-23-17-18/h1,3,5,7-8,11,15,17,20,22,24H,2,4,6,9-10,12,16H2. The third kappa shape index (κ3) is 4.21. The lowest BCUT2D eigenvalue weighted by atomic mass is 9.79. The molecule has 2 atom stereocenters. The number of pyridine rings is 1. The number of benzene rings is 1. The second kappa shape index (κ2) is 8.34. The van der Waals surface area contributed by atoms with Crippen LogP contribution in [0.4, 0.5) is 5.69 Å². The maximum atomic E-state index is 13.2. The molecular weight excluding hydrogens is 370 g/mol. The largest absolute Gasteiger partial charge is 0.301 e. The highest BCUT2D eigenvalue weighted by Crippen LogP contribution is 2.37. The Morgan fingerprint density at radius 3 is 2.68 bits per heavy atom. The fourth-order valence-electron chi connectivity index (χ4n) is 4.33. The van der Waals surface area contributed by atoms with Gasteiger partial charge in [-0.2, -0.15) is 12.7 Å². The van der Waals surface area contributed by atoms with Crippen molar-refractivity contribution in [1.29, 1.82) is 0 Å². The summed E-state index contributed by atoms with van der Waals surface area (Å²) in [7, 11) is -3.61. The number of hydrogen-bond acceptors (Lipinski definition) is 3. The fraction of sp³-hybridized carbons (Fsp3) is 0.409. The van der Waals surface area contributed by atoms with Crippen molar-refractivity contribution in [3.8, 4) is 11.8 Å². The van der Waals surface area contributed by atoms with Crippen LogP contribution in [0.5, 0.6) is 0 Å². The van der Waals surface area contributed by atoms with Gasteiger partial charge in [0.1, 0.15) is 0 Å². The molecule has 2 aromatic rings. The van der Waals surface area contributed by atoms with E-state index in [0.29, 0.717) is 23.7 Å². The number of nitrogens with zero attached hydrogens (tertiary/aromatic N) is 2. The number of hydrogen-bond donors (Lipinski definition) is 1. The third-order valence-electron chi connectivity index (χ3n) is 5.67. The van der Waals surface area contributed by atoms with Gasteiger partial charge in [-0.1, -0.05) is 36.8 Å². The third-order valence-corrected chi connectivity index (χ3v) is 7.22. The topological polar surface area (TPSA) is 62.3 Å². The molecule has 4 rings (SSSR count). The molecule has 0 radical (unpaired) electrons. The molecule has 1 aliphatic heterocycles. The van der Waals surface area contributed by atoms with Crippen molar-refractivity contribution in [1.82, 2.24) is 9.29 Å². The van der Waals surface area contributed by atoms with E-state index in [9.17, 15) is 8.42 Å². The molecule has 1 aliphatic carbocycles. The smallest absolute Gasteiger partial charge is 0.270 e. The Hall–Kier alpha value is -2.36. The maximum absolute atomic E-state index is 13.2. The fourth-order valence-corrected chi connectivity index (χ4v) is 5.91. The second-order valence-electron chi connectivity index (χ2n) is 7.51. The van der Waals surface area contributed by atoms with E-state index in [2.05, 4.69) is 21.5 Å². The predicted octanol–water partition coefficient (Wildman–Crippen LogP) is 3.79. The summed E-state index contributed by atoms with van der Waals surface area (Å²) in [5, 5.41) is 0. The molecule has 1 aromatic heterocycles. The summed E-state index contributed by atoms with van der Waals surface area (Å²) in [6, 6.07) is 11.1. The molecule has 1 aromatic carbocycles. The summed E-state index contributed by atoms with van der Waals surface area (Å²) >= 11 is 0. The van der Waals surface area contributed by atoms with Crippen LogP contribution in [-0.2, 0) is 10.2 Å². The number of rotatable bonds is 3. The molecular formula is C22H25N3O2S. The lowest BCUT2D eigenvalue weighted by molar-refractivity contribution is 0.129. The van der Waals surface area contributed by atoms with Crippen LogP contribution in [-0.4, -0.2) is 30.3 Å². The van der Waals surface area contributed by atoms with Crippen LogP contribution in [0.3, 0.4) is 0 Å². The first-order chi connectivity index (χ1) is 13.6. The Morgan fingerprint density at radius 2 is 1.82 bits per heavy atom. The van der Waals surface area contributed by atoms with E-state index in [-0.39, 0.29) is 6.04 Å². The normalized spacial score (nSPS) is 22.6. The van der Waals surface area contributed by atoms with Crippen LogP contribution >= 0.6 is 0 Å². The van der Waals surface area contributed by atoms with Crippen molar-refractivity contribution in [2.24, 2.45) is 5.92 Å². The summed E-state index contributed by atoms with van der Waals surface area (Å²) in [5.74, 6) is 6.63. The van der Waals surface area contributed by atoms with E-state index in [0.717, 1.165) is 37.7 Å². The average molecular weight is 396 g/mol. The minimum Gasteiger partial charge on any atom is -0.270 e. The molecule has 2 fully saturated rings. The van der Waals surface area contributed by atoms with Crippen LogP contribution < -0.4 is 4.72 Å². The van der Waals surface area contributed by atoms with E-state index < -0.39 is 10.2 Å². The Kier molecular flexibility index (Phi) is 5.65. The molecule has 0 amide bonds. The summed E-state index contributed by atoms with van der Waals surface area (Å²) in [6.07, 6.45) is 9.91. The van der Waals surface area contributed by atoms with E-state index >= 15 is 0 Å². The van der Waals surface area contributed by atoms with Gasteiger partial charge in [0.05, 0.1) is 5.69 Å². The van der Waals surface area contributed by atoms with Crippen molar-refractivity contribution >= 4 is 15.9 Å². The highest BCUT2D eigenvalue weighted by Gasteiger charge is 2.39. The van der Waals surface area contributed by atoms with Gasteiger partial charge in [0.25, 0.3) is 0 Å². The number of nitrogens with one attached hydrogen (secondary N) is 1. The van der Waals surface area contributed by atoms with Crippen molar-refractivity contribution < 1.29 is 8.42 Å². The lowest BCUT2D eigenvalue weighted by Crippen LogP contribution is -2.51. The van der Waals surface area contributed by atoms with Gasteiger partial charge in [-0.25, -0.2) is 0 Å². The number of fused-ring (bicyclic) bond motifs is 1. The molecule has 146 valence electrons. The first-order valence-corrected chi connectivity index (χ1v) is 11.4. The molecule has 1 saturated carbocycles. The Labute approximate surface area is 167 Å². The highest BCUT2D eigenvalue weighted by molar-refractivity contribution is 7.90. The van der Waals surface area contributed by atoms with Crippen LogP contribution in [0.1, 0.15) is 49.7 Å². The summed E-state index contributed by atoms with van der Waals surface area (Å²) in [4.78, 5) is 4.06. The number of aromatic nitrogens is 1. The van der Waals surface area contributed by atoms with E-state index in [1.807, 2.05) is 30.3 Å². The summed E-state index contributed by atoms with van der Waals surface area (Å²) in [5.41, 5.74) is 1.98. The molecule has 1 saturated heterocycles. The van der Waals surface area contributed by atoms with E-state index in [1.54, 1.807) is 22.8 Å². The zero-order valence-electron chi connectivity index (χ0n) is 15.8. The lowest BCUT2D eigenvalue weighted by Gasteiger charge is -2.43. The van der Waals surface area contributed by atoms with Gasteiger partial charge in [-0.05, 0) is 55.9 Å². The first kappa shape index (κ1) is 19.0. The molecule has 2 unspecified atom stereocenters. The molecule has 0 bridgehead atoms. The Balaban J connectivity index is 1.58.